The van der Waals surface area contributed by atoms with E-state index < -0.39 is 15.6 Å². The molecule has 0 radical (unpaired) electrons. The van der Waals surface area contributed by atoms with E-state index in [0.717, 1.165) is 25.7 Å². The molecule has 0 heterocycles. The first-order valence-corrected chi connectivity index (χ1v) is 9.75. The van der Waals surface area contributed by atoms with Crippen LogP contribution < -0.4 is 11.1 Å². The topological polar surface area (TPSA) is 92.5 Å². The van der Waals surface area contributed by atoms with Gasteiger partial charge in [-0.2, -0.15) is 4.31 Å². The molecule has 0 bridgehead atoms. The fourth-order valence-electron chi connectivity index (χ4n) is 2.83. The molecule has 1 aromatic rings. The second kappa shape index (κ2) is 8.49. The van der Waals surface area contributed by atoms with Crippen LogP contribution in [-0.4, -0.2) is 37.3 Å². The van der Waals surface area contributed by atoms with Crippen LogP contribution in [0.25, 0.3) is 0 Å². The van der Waals surface area contributed by atoms with Gasteiger partial charge < -0.3 is 11.1 Å². The summed E-state index contributed by atoms with van der Waals surface area (Å²) >= 11 is 0. The monoisotopic (exact) mass is 389 g/mol. The normalized spacial score (nSPS) is 16.4. The number of carbonyl (C=O) groups is 1. The van der Waals surface area contributed by atoms with Crippen molar-refractivity contribution < 1.29 is 13.2 Å². The number of hydrogen-bond acceptors (Lipinski definition) is 4. The molecule has 1 aliphatic carbocycles. The van der Waals surface area contributed by atoms with Crippen LogP contribution >= 0.6 is 12.4 Å². The molecule has 0 aliphatic heterocycles. The number of nitrogens with zero attached hydrogens (tertiary/aromatic N) is 1. The first-order chi connectivity index (χ1) is 11.1. The van der Waals surface area contributed by atoms with Crippen LogP contribution in [0.3, 0.4) is 0 Å². The summed E-state index contributed by atoms with van der Waals surface area (Å²) in [5.41, 5.74) is 5.15. The highest BCUT2D eigenvalue weighted by Crippen LogP contribution is 2.27. The minimum atomic E-state index is -3.58. The summed E-state index contributed by atoms with van der Waals surface area (Å²) in [6.45, 7) is 3.19. The third-order valence-corrected chi connectivity index (χ3v) is 6.35. The lowest BCUT2D eigenvalue weighted by Gasteiger charge is -2.30. The maximum absolute atomic E-state index is 12.9. The molecule has 0 saturated heterocycles. The molecule has 3 N–H and O–H groups in total. The van der Waals surface area contributed by atoms with Crippen molar-refractivity contribution in [2.24, 2.45) is 5.73 Å². The zero-order valence-electron chi connectivity index (χ0n) is 15.0. The number of nitrogens with two attached hydrogens (primary N) is 1. The summed E-state index contributed by atoms with van der Waals surface area (Å²) < 4.78 is 27.2. The molecule has 1 fully saturated rings. The molecule has 1 aliphatic rings. The van der Waals surface area contributed by atoms with Crippen LogP contribution in [0.2, 0.25) is 0 Å². The van der Waals surface area contributed by atoms with E-state index in [-0.39, 0.29) is 29.3 Å². The lowest BCUT2D eigenvalue weighted by molar-refractivity contribution is -0.120. The third-order valence-electron chi connectivity index (χ3n) is 4.44. The second-order valence-electron chi connectivity index (χ2n) is 7.02. The van der Waals surface area contributed by atoms with E-state index in [1.807, 2.05) is 0 Å². The van der Waals surface area contributed by atoms with Gasteiger partial charge in [-0.1, -0.05) is 25.3 Å². The van der Waals surface area contributed by atoms with Gasteiger partial charge in [-0.25, -0.2) is 8.42 Å². The number of benzene rings is 1. The quantitative estimate of drug-likeness (QED) is 0.809. The Morgan fingerprint density at radius 2 is 1.84 bits per heavy atom. The van der Waals surface area contributed by atoms with Crippen molar-refractivity contribution >= 4 is 34.0 Å². The Hall–Kier alpha value is -1.15. The molecule has 8 heteroatoms. The van der Waals surface area contributed by atoms with Crippen molar-refractivity contribution in [2.75, 3.05) is 12.4 Å². The van der Waals surface area contributed by atoms with Crippen molar-refractivity contribution in [1.82, 2.24) is 4.31 Å². The number of rotatable bonds is 5. The number of halogens is 1. The zero-order valence-corrected chi connectivity index (χ0v) is 16.6. The summed E-state index contributed by atoms with van der Waals surface area (Å²) in [5, 5.41) is 2.67. The van der Waals surface area contributed by atoms with E-state index in [0.29, 0.717) is 5.69 Å². The van der Waals surface area contributed by atoms with Crippen LogP contribution in [0.1, 0.15) is 46.0 Å². The molecule has 6 nitrogen and oxygen atoms in total. The predicted molar refractivity (Wildman–Crippen MR) is 102 cm³/mol. The SMILES string of the molecule is CN(C1CCCCC1)S(=O)(=O)c1cccc(NC(=O)C(C)(C)N)c1.Cl. The summed E-state index contributed by atoms with van der Waals surface area (Å²) in [6, 6.07) is 6.37. The van der Waals surface area contributed by atoms with E-state index in [4.69, 9.17) is 5.73 Å². The van der Waals surface area contributed by atoms with E-state index in [1.165, 1.54) is 16.8 Å². The Labute approximate surface area is 156 Å². The summed E-state index contributed by atoms with van der Waals surface area (Å²) in [4.78, 5) is 12.2. The first kappa shape index (κ1) is 21.9. The number of hydrogen-bond donors (Lipinski definition) is 2. The summed E-state index contributed by atoms with van der Waals surface area (Å²) in [6.07, 6.45) is 5.08. The molecule has 0 unspecified atom stereocenters. The van der Waals surface area contributed by atoms with Crippen LogP contribution in [0.5, 0.6) is 0 Å². The highest BCUT2D eigenvalue weighted by molar-refractivity contribution is 7.89. The Morgan fingerprint density at radius 1 is 1.24 bits per heavy atom. The summed E-state index contributed by atoms with van der Waals surface area (Å²) in [7, 11) is -1.94. The van der Waals surface area contributed by atoms with Gasteiger partial charge in [0.05, 0.1) is 10.4 Å². The van der Waals surface area contributed by atoms with Crippen LogP contribution in [-0.2, 0) is 14.8 Å². The molecule has 0 aromatic heterocycles. The fraction of sp³-hybridized carbons (Fsp3) is 0.588. The van der Waals surface area contributed by atoms with Crippen molar-refractivity contribution in [1.29, 1.82) is 0 Å². The minimum Gasteiger partial charge on any atom is -0.324 e. The minimum absolute atomic E-state index is 0. The van der Waals surface area contributed by atoms with Crippen LogP contribution in [0.15, 0.2) is 29.2 Å². The second-order valence-corrected chi connectivity index (χ2v) is 9.01. The molecule has 1 aromatic carbocycles. The van der Waals surface area contributed by atoms with E-state index in [1.54, 1.807) is 39.1 Å². The van der Waals surface area contributed by atoms with Gasteiger partial charge in [0.25, 0.3) is 0 Å². The van der Waals surface area contributed by atoms with Gasteiger partial charge in [-0.3, -0.25) is 4.79 Å². The highest BCUT2D eigenvalue weighted by Gasteiger charge is 2.29. The van der Waals surface area contributed by atoms with Crippen molar-refractivity contribution in [3.05, 3.63) is 24.3 Å². The van der Waals surface area contributed by atoms with Gasteiger partial charge in [0.2, 0.25) is 15.9 Å². The number of anilines is 1. The number of amides is 1. The number of sulfonamides is 1. The summed E-state index contributed by atoms with van der Waals surface area (Å²) in [5.74, 6) is -0.363. The van der Waals surface area contributed by atoms with Gasteiger partial charge >= 0.3 is 0 Å². The Balaban J connectivity index is 0.00000312. The van der Waals surface area contributed by atoms with Gasteiger partial charge in [0.1, 0.15) is 0 Å². The molecular formula is C17H28ClN3O3S. The predicted octanol–water partition coefficient (Wildman–Crippen LogP) is 2.74. The van der Waals surface area contributed by atoms with Gasteiger partial charge in [0, 0.05) is 18.8 Å². The van der Waals surface area contributed by atoms with E-state index in [9.17, 15) is 13.2 Å². The lowest BCUT2D eigenvalue weighted by Crippen LogP contribution is -2.45. The maximum atomic E-state index is 12.9. The molecule has 0 spiro atoms. The maximum Gasteiger partial charge on any atom is 0.243 e. The molecule has 25 heavy (non-hydrogen) atoms. The molecule has 1 saturated carbocycles. The molecule has 2 rings (SSSR count). The van der Waals surface area contributed by atoms with Crippen molar-refractivity contribution in [2.45, 2.75) is 62.4 Å². The Morgan fingerprint density at radius 3 is 2.40 bits per heavy atom. The molecule has 0 atom stereocenters. The van der Waals surface area contributed by atoms with Gasteiger partial charge in [0.15, 0.2) is 0 Å². The molecule has 1 amide bonds. The Bertz CT molecular complexity index is 695. The Kier molecular flexibility index (Phi) is 7.43. The zero-order chi connectivity index (χ0) is 18.0. The number of nitrogens with one attached hydrogen (secondary N) is 1. The first-order valence-electron chi connectivity index (χ1n) is 8.31. The average Bonchev–Trinajstić information content (AvgIpc) is 2.54. The standard InChI is InChI=1S/C17H27N3O3S.ClH/c1-17(2,18)16(21)19-13-8-7-11-15(12-13)24(22,23)20(3)14-9-5-4-6-10-14;/h7-8,11-12,14H,4-6,9-10,18H2,1-3H3,(H,19,21);1H. The van der Waals surface area contributed by atoms with Crippen molar-refractivity contribution in [3.8, 4) is 0 Å². The molecule has 142 valence electrons. The lowest BCUT2D eigenvalue weighted by atomic mass is 9.96. The molecular weight excluding hydrogens is 362 g/mol. The van der Waals surface area contributed by atoms with Crippen molar-refractivity contribution in [3.63, 3.8) is 0 Å². The van der Waals surface area contributed by atoms with Gasteiger partial charge in [-0.15, -0.1) is 12.4 Å². The van der Waals surface area contributed by atoms with E-state index >= 15 is 0 Å². The largest absolute Gasteiger partial charge is 0.324 e. The highest BCUT2D eigenvalue weighted by atomic mass is 35.5. The third kappa shape index (κ3) is 5.41. The van der Waals surface area contributed by atoms with Crippen LogP contribution in [0.4, 0.5) is 5.69 Å². The van der Waals surface area contributed by atoms with Gasteiger partial charge in [-0.05, 0) is 44.9 Å². The van der Waals surface area contributed by atoms with E-state index in [2.05, 4.69) is 5.32 Å². The smallest absolute Gasteiger partial charge is 0.243 e. The fourth-order valence-corrected chi connectivity index (χ4v) is 4.30. The average molecular weight is 390 g/mol. The number of carbonyl (C=O) groups excluding carboxylic acids is 1. The van der Waals surface area contributed by atoms with Crippen LogP contribution in [0, 0.1) is 0 Å².